The van der Waals surface area contributed by atoms with Crippen molar-refractivity contribution in [2.45, 2.75) is 12.8 Å². The molecule has 2 amide bonds. The molecule has 0 bridgehead atoms. The molecule has 0 radical (unpaired) electrons. The van der Waals surface area contributed by atoms with Gasteiger partial charge in [-0.2, -0.15) is 0 Å². The number of amides is 2. The van der Waals surface area contributed by atoms with Gasteiger partial charge in [-0.15, -0.1) is 0 Å². The quantitative estimate of drug-likeness (QED) is 0.532. The summed E-state index contributed by atoms with van der Waals surface area (Å²) in [4.78, 5) is 36.8. The fourth-order valence-electron chi connectivity index (χ4n) is 3.69. The third-order valence-electron chi connectivity index (χ3n) is 5.76. The van der Waals surface area contributed by atoms with E-state index in [0.29, 0.717) is 43.9 Å². The highest BCUT2D eigenvalue weighted by atomic mass is 35.5. The van der Waals surface area contributed by atoms with Crippen molar-refractivity contribution in [2.24, 2.45) is 5.92 Å². The fourth-order valence-corrected chi connectivity index (χ4v) is 4.75. The molecule has 0 atom stereocenters. The number of rotatable bonds is 7. The molecule has 2 fully saturated rings. The van der Waals surface area contributed by atoms with Crippen molar-refractivity contribution < 1.29 is 14.3 Å². The number of nitrogens with one attached hydrogen (secondary N) is 2. The number of nitrogens with zero attached hydrogens (tertiary/aromatic N) is 3. The molecule has 2 N–H and O–H groups in total. The van der Waals surface area contributed by atoms with Crippen LogP contribution in [0.4, 0.5) is 5.13 Å². The van der Waals surface area contributed by atoms with E-state index in [9.17, 15) is 9.59 Å². The molecular formula is C23H24ClN5O3S. The van der Waals surface area contributed by atoms with Gasteiger partial charge in [-0.05, 0) is 43.2 Å². The molecule has 10 heteroatoms. The minimum Gasteiger partial charge on any atom is -0.379 e. The number of anilines is 1. The average Bonchev–Trinajstić information content (AvgIpc) is 3.60. The van der Waals surface area contributed by atoms with Crippen molar-refractivity contribution in [3.8, 4) is 11.3 Å². The largest absolute Gasteiger partial charge is 0.379 e. The average molecular weight is 486 g/mol. The zero-order valence-corrected chi connectivity index (χ0v) is 19.5. The van der Waals surface area contributed by atoms with Crippen molar-refractivity contribution in [1.29, 1.82) is 0 Å². The van der Waals surface area contributed by atoms with Crippen molar-refractivity contribution in [2.75, 3.05) is 44.7 Å². The molecule has 1 aliphatic heterocycles. The van der Waals surface area contributed by atoms with Crippen LogP contribution in [0.5, 0.6) is 0 Å². The van der Waals surface area contributed by atoms with Crippen LogP contribution in [0, 0.1) is 5.92 Å². The van der Waals surface area contributed by atoms with E-state index in [-0.39, 0.29) is 17.7 Å². The standard InChI is InChI=1S/C23H24ClN5O3S/c24-17-4-3-15(20(30)25-7-8-29-9-11-32-12-10-29)13-16(17)18-5-6-19-22(26-18)33-23(27-19)28-21(31)14-1-2-14/h3-6,13-14H,1-2,7-12H2,(H,25,30)(H,27,28,31). The second kappa shape index (κ2) is 9.72. The Bertz CT molecular complexity index is 1190. The molecule has 8 nitrogen and oxygen atoms in total. The maximum Gasteiger partial charge on any atom is 0.251 e. The maximum atomic E-state index is 12.7. The minimum absolute atomic E-state index is 0.0182. The van der Waals surface area contributed by atoms with Gasteiger partial charge in [0.2, 0.25) is 5.91 Å². The van der Waals surface area contributed by atoms with Gasteiger partial charge in [0.15, 0.2) is 5.13 Å². The third-order valence-corrected chi connectivity index (χ3v) is 6.97. The highest BCUT2D eigenvalue weighted by Crippen LogP contribution is 2.34. The molecule has 0 unspecified atom stereocenters. The van der Waals surface area contributed by atoms with Crippen LogP contribution >= 0.6 is 22.9 Å². The van der Waals surface area contributed by atoms with E-state index < -0.39 is 0 Å². The van der Waals surface area contributed by atoms with Gasteiger partial charge in [-0.3, -0.25) is 14.5 Å². The molecule has 3 heterocycles. The fraction of sp³-hybridized carbons (Fsp3) is 0.391. The Morgan fingerprint density at radius 2 is 1.97 bits per heavy atom. The van der Waals surface area contributed by atoms with Gasteiger partial charge in [0.1, 0.15) is 10.3 Å². The molecule has 3 aromatic rings. The SMILES string of the molecule is O=C(NCCN1CCOCC1)c1ccc(Cl)c(-c2ccc3nc(NC(=O)C4CC4)sc3n2)c1. The van der Waals surface area contributed by atoms with Crippen molar-refractivity contribution in [3.05, 3.63) is 40.9 Å². The summed E-state index contributed by atoms with van der Waals surface area (Å²) >= 11 is 7.78. The molecule has 1 saturated heterocycles. The zero-order chi connectivity index (χ0) is 22.8. The van der Waals surface area contributed by atoms with E-state index >= 15 is 0 Å². The second-order valence-electron chi connectivity index (χ2n) is 8.21. The molecule has 33 heavy (non-hydrogen) atoms. The lowest BCUT2D eigenvalue weighted by Gasteiger charge is -2.26. The van der Waals surface area contributed by atoms with Crippen LogP contribution < -0.4 is 10.6 Å². The van der Waals surface area contributed by atoms with Crippen molar-refractivity contribution in [3.63, 3.8) is 0 Å². The molecule has 2 aromatic heterocycles. The topological polar surface area (TPSA) is 96.5 Å². The Morgan fingerprint density at radius 1 is 1.15 bits per heavy atom. The number of carbonyl (C=O) groups is 2. The van der Waals surface area contributed by atoms with E-state index in [4.69, 9.17) is 16.3 Å². The Balaban J connectivity index is 1.29. The Labute approximate surface area is 200 Å². The number of morpholine rings is 1. The smallest absolute Gasteiger partial charge is 0.251 e. The van der Waals surface area contributed by atoms with Crippen LogP contribution in [0.15, 0.2) is 30.3 Å². The Morgan fingerprint density at radius 3 is 2.76 bits per heavy atom. The van der Waals surface area contributed by atoms with Gasteiger partial charge in [0.05, 0.1) is 23.9 Å². The third kappa shape index (κ3) is 5.33. The summed E-state index contributed by atoms with van der Waals surface area (Å²) in [6.45, 7) is 4.60. The second-order valence-corrected chi connectivity index (χ2v) is 9.59. The number of halogens is 1. The molecule has 172 valence electrons. The normalized spacial score (nSPS) is 16.6. The van der Waals surface area contributed by atoms with E-state index in [1.54, 1.807) is 18.2 Å². The molecule has 1 saturated carbocycles. The highest BCUT2D eigenvalue weighted by Gasteiger charge is 2.30. The summed E-state index contributed by atoms with van der Waals surface area (Å²) in [7, 11) is 0. The molecule has 1 aliphatic carbocycles. The van der Waals surface area contributed by atoms with Gasteiger partial charge in [0.25, 0.3) is 5.91 Å². The first-order valence-electron chi connectivity index (χ1n) is 11.0. The van der Waals surface area contributed by atoms with Crippen LogP contribution in [0.2, 0.25) is 5.02 Å². The van der Waals surface area contributed by atoms with Crippen LogP contribution in [-0.2, 0) is 9.53 Å². The summed E-state index contributed by atoms with van der Waals surface area (Å²) < 4.78 is 5.35. The first-order chi connectivity index (χ1) is 16.1. The minimum atomic E-state index is -0.148. The predicted octanol–water partition coefficient (Wildman–Crippen LogP) is 3.42. The first kappa shape index (κ1) is 22.2. The molecule has 0 spiro atoms. The van der Waals surface area contributed by atoms with Gasteiger partial charge < -0.3 is 15.4 Å². The van der Waals surface area contributed by atoms with Gasteiger partial charge in [-0.25, -0.2) is 9.97 Å². The molecule has 5 rings (SSSR count). The van der Waals surface area contributed by atoms with Crippen LogP contribution in [0.3, 0.4) is 0 Å². The number of thiazole rings is 1. The molecule has 1 aromatic carbocycles. The zero-order valence-electron chi connectivity index (χ0n) is 18.0. The summed E-state index contributed by atoms with van der Waals surface area (Å²) in [5.41, 5.74) is 2.57. The lowest BCUT2D eigenvalue weighted by atomic mass is 10.1. The van der Waals surface area contributed by atoms with Crippen LogP contribution in [-0.4, -0.2) is 66.1 Å². The summed E-state index contributed by atoms with van der Waals surface area (Å²) in [5.74, 6) is -0.0168. The lowest BCUT2D eigenvalue weighted by molar-refractivity contribution is -0.117. The number of pyridine rings is 1. The number of hydrogen-bond donors (Lipinski definition) is 2. The number of fused-ring (bicyclic) bond motifs is 1. The van der Waals surface area contributed by atoms with Crippen LogP contribution in [0.1, 0.15) is 23.2 Å². The molecular weight excluding hydrogens is 462 g/mol. The van der Waals surface area contributed by atoms with E-state index in [1.807, 2.05) is 12.1 Å². The van der Waals surface area contributed by atoms with Crippen molar-refractivity contribution >= 4 is 50.2 Å². The number of carbonyl (C=O) groups excluding carboxylic acids is 2. The maximum absolute atomic E-state index is 12.7. The van der Waals surface area contributed by atoms with Crippen LogP contribution in [0.25, 0.3) is 21.6 Å². The monoisotopic (exact) mass is 485 g/mol. The summed E-state index contributed by atoms with van der Waals surface area (Å²) in [6, 6.07) is 8.87. The van der Waals surface area contributed by atoms with Crippen molar-refractivity contribution in [1.82, 2.24) is 20.2 Å². The summed E-state index contributed by atoms with van der Waals surface area (Å²) in [5, 5.41) is 6.91. The van der Waals surface area contributed by atoms with Gasteiger partial charge >= 0.3 is 0 Å². The van der Waals surface area contributed by atoms with E-state index in [2.05, 4.69) is 25.5 Å². The van der Waals surface area contributed by atoms with Gasteiger partial charge in [0, 0.05) is 43.2 Å². The van der Waals surface area contributed by atoms with E-state index in [0.717, 1.165) is 45.7 Å². The Kier molecular flexibility index (Phi) is 6.55. The Hall–Kier alpha value is -2.59. The molecule has 2 aliphatic rings. The van der Waals surface area contributed by atoms with E-state index in [1.165, 1.54) is 11.3 Å². The lowest BCUT2D eigenvalue weighted by Crippen LogP contribution is -2.41. The number of hydrogen-bond acceptors (Lipinski definition) is 7. The number of aromatic nitrogens is 2. The predicted molar refractivity (Wildman–Crippen MR) is 129 cm³/mol. The van der Waals surface area contributed by atoms with Gasteiger partial charge in [-0.1, -0.05) is 22.9 Å². The first-order valence-corrected chi connectivity index (χ1v) is 12.2. The summed E-state index contributed by atoms with van der Waals surface area (Å²) in [6.07, 6.45) is 1.88. The highest BCUT2D eigenvalue weighted by molar-refractivity contribution is 7.22. The number of ether oxygens (including phenoxy) is 1. The number of benzene rings is 1.